The SMILES string of the molecule is CCCCN(C)CN(C)C1(c2ccccc2)CCC(C#N)CC1. The lowest BCUT2D eigenvalue weighted by Crippen LogP contribution is -2.50. The quantitative estimate of drug-likeness (QED) is 0.706. The summed E-state index contributed by atoms with van der Waals surface area (Å²) in [4.78, 5) is 4.94. The summed E-state index contributed by atoms with van der Waals surface area (Å²) in [6.07, 6.45) is 6.66. The molecule has 1 aliphatic rings. The highest BCUT2D eigenvalue weighted by Gasteiger charge is 2.40. The second-order valence-corrected chi connectivity index (χ2v) is 7.07. The minimum Gasteiger partial charge on any atom is -0.294 e. The minimum absolute atomic E-state index is 0.0785. The van der Waals surface area contributed by atoms with Gasteiger partial charge in [0.1, 0.15) is 0 Å². The first kappa shape index (κ1) is 18.0. The summed E-state index contributed by atoms with van der Waals surface area (Å²) in [6.45, 7) is 4.37. The van der Waals surface area contributed by atoms with Gasteiger partial charge in [-0.3, -0.25) is 9.80 Å². The van der Waals surface area contributed by atoms with Gasteiger partial charge >= 0.3 is 0 Å². The Morgan fingerprint density at radius 3 is 2.39 bits per heavy atom. The fourth-order valence-electron chi connectivity index (χ4n) is 3.86. The van der Waals surface area contributed by atoms with Gasteiger partial charge in [-0.2, -0.15) is 5.26 Å². The molecule has 3 nitrogen and oxygen atoms in total. The first-order valence-corrected chi connectivity index (χ1v) is 8.97. The number of benzene rings is 1. The molecule has 0 atom stereocenters. The van der Waals surface area contributed by atoms with Gasteiger partial charge in [-0.1, -0.05) is 43.7 Å². The molecule has 0 heterocycles. The van der Waals surface area contributed by atoms with Crippen molar-refractivity contribution in [2.45, 2.75) is 51.0 Å². The molecule has 1 fully saturated rings. The van der Waals surface area contributed by atoms with Crippen molar-refractivity contribution in [3.8, 4) is 6.07 Å². The smallest absolute Gasteiger partial charge is 0.0655 e. The monoisotopic (exact) mass is 313 g/mol. The lowest BCUT2D eigenvalue weighted by atomic mass is 9.72. The Hall–Kier alpha value is -1.37. The van der Waals surface area contributed by atoms with Gasteiger partial charge in [0.2, 0.25) is 0 Å². The van der Waals surface area contributed by atoms with Crippen molar-refractivity contribution in [3.63, 3.8) is 0 Å². The molecule has 126 valence electrons. The number of hydrogen-bond acceptors (Lipinski definition) is 3. The average molecular weight is 313 g/mol. The topological polar surface area (TPSA) is 30.3 Å². The Morgan fingerprint density at radius 1 is 1.17 bits per heavy atom. The summed E-state index contributed by atoms with van der Waals surface area (Å²) in [5, 5.41) is 9.24. The highest BCUT2D eigenvalue weighted by Crippen LogP contribution is 2.43. The largest absolute Gasteiger partial charge is 0.294 e. The van der Waals surface area contributed by atoms with E-state index in [1.807, 2.05) is 0 Å². The first-order chi connectivity index (χ1) is 11.1. The molecule has 1 saturated carbocycles. The van der Waals surface area contributed by atoms with E-state index in [9.17, 15) is 5.26 Å². The highest BCUT2D eigenvalue weighted by molar-refractivity contribution is 5.25. The summed E-state index contributed by atoms with van der Waals surface area (Å²) in [6, 6.07) is 13.4. The Balaban J connectivity index is 2.16. The number of rotatable bonds is 7. The molecular weight excluding hydrogens is 282 g/mol. The Kier molecular flexibility index (Phi) is 6.62. The van der Waals surface area contributed by atoms with E-state index in [-0.39, 0.29) is 11.5 Å². The lowest BCUT2D eigenvalue weighted by Gasteiger charge is -2.47. The molecule has 0 N–H and O–H groups in total. The van der Waals surface area contributed by atoms with Crippen LogP contribution < -0.4 is 0 Å². The zero-order chi connectivity index (χ0) is 16.7. The van der Waals surface area contributed by atoms with Crippen molar-refractivity contribution in [2.75, 3.05) is 27.3 Å². The molecule has 1 aromatic carbocycles. The maximum Gasteiger partial charge on any atom is 0.0655 e. The zero-order valence-corrected chi connectivity index (χ0v) is 15.0. The van der Waals surface area contributed by atoms with Gasteiger partial charge in [0.15, 0.2) is 0 Å². The molecule has 0 spiro atoms. The van der Waals surface area contributed by atoms with Gasteiger partial charge in [-0.05, 0) is 58.3 Å². The van der Waals surface area contributed by atoms with Crippen LogP contribution in [-0.4, -0.2) is 37.1 Å². The van der Waals surface area contributed by atoms with Gasteiger partial charge in [-0.25, -0.2) is 0 Å². The second-order valence-electron chi connectivity index (χ2n) is 7.07. The molecule has 0 aromatic heterocycles. The Labute approximate surface area is 141 Å². The van der Waals surface area contributed by atoms with Gasteiger partial charge in [-0.15, -0.1) is 0 Å². The fraction of sp³-hybridized carbons (Fsp3) is 0.650. The number of nitrogens with zero attached hydrogens (tertiary/aromatic N) is 3. The molecule has 3 heteroatoms. The van der Waals surface area contributed by atoms with Gasteiger partial charge in [0.25, 0.3) is 0 Å². The van der Waals surface area contributed by atoms with Crippen molar-refractivity contribution in [3.05, 3.63) is 35.9 Å². The van der Waals surface area contributed by atoms with Crippen LogP contribution >= 0.6 is 0 Å². The van der Waals surface area contributed by atoms with Crippen LogP contribution in [0.25, 0.3) is 0 Å². The summed E-state index contributed by atoms with van der Waals surface area (Å²) in [5.41, 5.74) is 1.48. The van der Waals surface area contributed by atoms with Crippen LogP contribution in [0.15, 0.2) is 30.3 Å². The van der Waals surface area contributed by atoms with E-state index in [0.717, 1.165) is 38.9 Å². The molecule has 1 aromatic rings. The van der Waals surface area contributed by atoms with Crippen molar-refractivity contribution in [1.29, 1.82) is 5.26 Å². The Bertz CT molecular complexity index is 497. The third-order valence-corrected chi connectivity index (χ3v) is 5.38. The van der Waals surface area contributed by atoms with Crippen LogP contribution in [-0.2, 0) is 5.54 Å². The van der Waals surface area contributed by atoms with E-state index >= 15 is 0 Å². The third-order valence-electron chi connectivity index (χ3n) is 5.38. The molecule has 0 bridgehead atoms. The maximum absolute atomic E-state index is 9.24. The predicted molar refractivity (Wildman–Crippen MR) is 95.9 cm³/mol. The van der Waals surface area contributed by atoms with Crippen LogP contribution in [0.3, 0.4) is 0 Å². The fourth-order valence-corrected chi connectivity index (χ4v) is 3.86. The van der Waals surface area contributed by atoms with Crippen LogP contribution in [0.2, 0.25) is 0 Å². The van der Waals surface area contributed by atoms with Crippen molar-refractivity contribution >= 4 is 0 Å². The van der Waals surface area contributed by atoms with Gasteiger partial charge < -0.3 is 0 Å². The minimum atomic E-state index is 0.0785. The highest BCUT2D eigenvalue weighted by atomic mass is 15.3. The molecule has 0 radical (unpaired) electrons. The molecular formula is C20H31N3. The molecule has 0 aliphatic heterocycles. The standard InChI is InChI=1S/C20H31N3/c1-4-5-15-22(2)17-23(3)20(19-9-7-6-8-10-19)13-11-18(16-21)12-14-20/h6-10,18H,4-5,11-15,17H2,1-3H3. The van der Waals surface area contributed by atoms with Crippen LogP contribution in [0.5, 0.6) is 0 Å². The van der Waals surface area contributed by atoms with E-state index in [4.69, 9.17) is 0 Å². The average Bonchev–Trinajstić information content (AvgIpc) is 2.60. The van der Waals surface area contributed by atoms with E-state index in [2.05, 4.69) is 67.2 Å². The summed E-state index contributed by atoms with van der Waals surface area (Å²) < 4.78 is 0. The van der Waals surface area contributed by atoms with Crippen LogP contribution in [0.1, 0.15) is 51.0 Å². The molecule has 0 unspecified atom stereocenters. The van der Waals surface area contributed by atoms with Crippen molar-refractivity contribution < 1.29 is 0 Å². The predicted octanol–water partition coefficient (Wildman–Crippen LogP) is 4.22. The maximum atomic E-state index is 9.24. The third kappa shape index (κ3) is 4.34. The summed E-state index contributed by atoms with van der Waals surface area (Å²) in [5.74, 6) is 0.234. The molecule has 0 saturated heterocycles. The second kappa shape index (κ2) is 8.47. The summed E-state index contributed by atoms with van der Waals surface area (Å²) >= 11 is 0. The first-order valence-electron chi connectivity index (χ1n) is 8.97. The Morgan fingerprint density at radius 2 is 1.83 bits per heavy atom. The molecule has 2 rings (SSSR count). The van der Waals surface area contributed by atoms with Gasteiger partial charge in [0, 0.05) is 11.5 Å². The van der Waals surface area contributed by atoms with E-state index < -0.39 is 0 Å². The molecule has 23 heavy (non-hydrogen) atoms. The van der Waals surface area contributed by atoms with Gasteiger partial charge in [0.05, 0.1) is 12.7 Å². The van der Waals surface area contributed by atoms with E-state index in [0.29, 0.717) is 0 Å². The van der Waals surface area contributed by atoms with Crippen LogP contribution in [0.4, 0.5) is 0 Å². The van der Waals surface area contributed by atoms with E-state index in [1.165, 1.54) is 18.4 Å². The molecule has 0 amide bonds. The van der Waals surface area contributed by atoms with Crippen molar-refractivity contribution in [2.24, 2.45) is 5.92 Å². The van der Waals surface area contributed by atoms with Crippen molar-refractivity contribution in [1.82, 2.24) is 9.80 Å². The van der Waals surface area contributed by atoms with Crippen LogP contribution in [0, 0.1) is 17.2 Å². The number of unbranched alkanes of at least 4 members (excludes halogenated alkanes) is 1. The number of nitriles is 1. The zero-order valence-electron chi connectivity index (χ0n) is 15.0. The van der Waals surface area contributed by atoms with E-state index in [1.54, 1.807) is 0 Å². The normalized spacial score (nSPS) is 24.8. The lowest BCUT2D eigenvalue weighted by molar-refractivity contribution is 0.0216. The summed E-state index contributed by atoms with van der Waals surface area (Å²) in [7, 11) is 4.47. The molecule has 1 aliphatic carbocycles. The number of hydrogen-bond donors (Lipinski definition) is 0.